The highest BCUT2D eigenvalue weighted by Gasteiger charge is 2.32. The molecule has 0 spiro atoms. The first kappa shape index (κ1) is 14.7. The third-order valence-corrected chi connectivity index (χ3v) is 4.32. The predicted octanol–water partition coefficient (Wildman–Crippen LogP) is 3.89. The van der Waals surface area contributed by atoms with Crippen molar-refractivity contribution in [2.45, 2.75) is 12.7 Å². The van der Waals surface area contributed by atoms with Crippen molar-refractivity contribution in [3.8, 4) is 5.75 Å². The molecule has 0 amide bonds. The molecule has 0 radical (unpaired) electrons. The number of carbonyl (C=O) groups is 1. The number of rotatable bonds is 3. The maximum atomic E-state index is 12.7. The summed E-state index contributed by atoms with van der Waals surface area (Å²) in [6.07, 6.45) is -0.860. The van der Waals surface area contributed by atoms with Gasteiger partial charge in [0.25, 0.3) is 0 Å². The molecule has 3 heteroatoms. The summed E-state index contributed by atoms with van der Waals surface area (Å²) in [4.78, 5) is 12.7. The molecule has 0 fully saturated rings. The molecule has 1 aliphatic rings. The van der Waals surface area contributed by atoms with Crippen molar-refractivity contribution in [1.82, 2.24) is 0 Å². The molecular weight excluding hydrogens is 300 g/mol. The van der Waals surface area contributed by atoms with E-state index in [-0.39, 0.29) is 5.78 Å². The van der Waals surface area contributed by atoms with Gasteiger partial charge in [0.1, 0.15) is 18.5 Å². The van der Waals surface area contributed by atoms with Gasteiger partial charge in [-0.15, -0.1) is 0 Å². The van der Waals surface area contributed by atoms with Gasteiger partial charge in [-0.1, -0.05) is 66.7 Å². The highest BCUT2D eigenvalue weighted by Crippen LogP contribution is 2.40. The molecule has 1 unspecified atom stereocenters. The summed E-state index contributed by atoms with van der Waals surface area (Å²) in [6.45, 7) is 0.389. The molecule has 0 saturated carbocycles. The van der Waals surface area contributed by atoms with Crippen molar-refractivity contribution in [2.24, 2.45) is 0 Å². The third-order valence-electron chi connectivity index (χ3n) is 4.32. The molecule has 4 rings (SSSR count). The summed E-state index contributed by atoms with van der Waals surface area (Å²) in [5.74, 6) is 0.475. The van der Waals surface area contributed by atoms with Crippen LogP contribution in [0.5, 0.6) is 5.75 Å². The Hall–Kier alpha value is -2.91. The average Bonchev–Trinajstić information content (AvgIpc) is 2.65. The Balaban J connectivity index is 1.73. The Kier molecular flexibility index (Phi) is 3.63. The Morgan fingerprint density at radius 1 is 0.833 bits per heavy atom. The maximum Gasteiger partial charge on any atom is 0.193 e. The molecule has 24 heavy (non-hydrogen) atoms. The van der Waals surface area contributed by atoms with Crippen molar-refractivity contribution < 1.29 is 14.6 Å². The van der Waals surface area contributed by atoms with Crippen LogP contribution in [0.1, 0.15) is 38.7 Å². The standard InChI is InChI=1S/C21H16O3/c22-20-15-9-4-5-10-16(15)21(23)19-17(20)11-6-12-18(19)24-13-14-7-2-1-3-8-14/h1-12,21,23H,13H2. The number of carbonyl (C=O) groups excluding carboxylic acids is 1. The van der Waals surface area contributed by atoms with Gasteiger partial charge in [0, 0.05) is 16.7 Å². The first-order valence-electron chi connectivity index (χ1n) is 7.87. The Bertz CT molecular complexity index is 900. The molecule has 1 N–H and O–H groups in total. The highest BCUT2D eigenvalue weighted by molar-refractivity contribution is 6.13. The Morgan fingerprint density at radius 3 is 2.38 bits per heavy atom. The number of ether oxygens (including phenoxy) is 1. The van der Waals surface area contributed by atoms with Gasteiger partial charge in [-0.3, -0.25) is 4.79 Å². The fourth-order valence-corrected chi connectivity index (χ4v) is 3.13. The van der Waals surface area contributed by atoms with Crippen LogP contribution < -0.4 is 4.74 Å². The molecule has 1 aliphatic carbocycles. The van der Waals surface area contributed by atoms with Crippen LogP contribution in [0.4, 0.5) is 0 Å². The van der Waals surface area contributed by atoms with Crippen LogP contribution in [0.2, 0.25) is 0 Å². The van der Waals surface area contributed by atoms with E-state index in [2.05, 4.69) is 0 Å². The van der Waals surface area contributed by atoms with Gasteiger partial charge < -0.3 is 9.84 Å². The van der Waals surface area contributed by atoms with Crippen LogP contribution in [-0.4, -0.2) is 10.9 Å². The quantitative estimate of drug-likeness (QED) is 0.797. The summed E-state index contributed by atoms with van der Waals surface area (Å²) < 4.78 is 5.91. The lowest BCUT2D eigenvalue weighted by Crippen LogP contribution is -2.20. The SMILES string of the molecule is O=C1c2ccccc2C(O)c2c(OCc3ccccc3)cccc21. The smallest absolute Gasteiger partial charge is 0.193 e. The van der Waals surface area contributed by atoms with E-state index in [1.165, 1.54) is 0 Å². The molecule has 0 bridgehead atoms. The maximum absolute atomic E-state index is 12.7. The lowest BCUT2D eigenvalue weighted by atomic mass is 9.82. The number of aliphatic hydroxyl groups is 1. The topological polar surface area (TPSA) is 46.5 Å². The minimum absolute atomic E-state index is 0.0731. The van der Waals surface area contributed by atoms with Crippen LogP contribution in [0, 0.1) is 0 Å². The first-order chi connectivity index (χ1) is 11.8. The minimum atomic E-state index is -0.860. The van der Waals surface area contributed by atoms with Crippen LogP contribution in [0.25, 0.3) is 0 Å². The fraction of sp³-hybridized carbons (Fsp3) is 0.0952. The number of hydrogen-bond donors (Lipinski definition) is 1. The van der Waals surface area contributed by atoms with E-state index in [0.717, 1.165) is 5.56 Å². The zero-order valence-corrected chi connectivity index (χ0v) is 13.0. The Labute approximate surface area is 140 Å². The zero-order chi connectivity index (χ0) is 16.5. The molecule has 3 aromatic rings. The highest BCUT2D eigenvalue weighted by atomic mass is 16.5. The van der Waals surface area contributed by atoms with Gasteiger partial charge in [-0.25, -0.2) is 0 Å². The van der Waals surface area contributed by atoms with E-state index >= 15 is 0 Å². The summed E-state index contributed by atoms with van der Waals surface area (Å²) in [7, 11) is 0. The van der Waals surface area contributed by atoms with Gasteiger partial charge >= 0.3 is 0 Å². The van der Waals surface area contributed by atoms with E-state index in [9.17, 15) is 9.90 Å². The molecule has 0 aromatic heterocycles. The van der Waals surface area contributed by atoms with Gasteiger partial charge in [0.15, 0.2) is 5.78 Å². The molecule has 1 atom stereocenters. The number of hydrogen-bond acceptors (Lipinski definition) is 3. The molecule has 3 nitrogen and oxygen atoms in total. The number of aliphatic hydroxyl groups excluding tert-OH is 1. The van der Waals surface area contributed by atoms with Crippen molar-refractivity contribution in [3.05, 3.63) is 101 Å². The van der Waals surface area contributed by atoms with Gasteiger partial charge in [0.2, 0.25) is 0 Å². The summed E-state index contributed by atoms with van der Waals surface area (Å²) in [6, 6.07) is 22.3. The second-order valence-corrected chi connectivity index (χ2v) is 5.81. The second kappa shape index (κ2) is 5.95. The van der Waals surface area contributed by atoms with Crippen LogP contribution in [0.15, 0.2) is 72.8 Å². The largest absolute Gasteiger partial charge is 0.488 e. The predicted molar refractivity (Wildman–Crippen MR) is 91.2 cm³/mol. The fourth-order valence-electron chi connectivity index (χ4n) is 3.13. The first-order valence-corrected chi connectivity index (χ1v) is 7.87. The molecule has 118 valence electrons. The van der Waals surface area contributed by atoms with Crippen LogP contribution >= 0.6 is 0 Å². The van der Waals surface area contributed by atoms with Crippen molar-refractivity contribution in [2.75, 3.05) is 0 Å². The van der Waals surface area contributed by atoms with Crippen LogP contribution in [0.3, 0.4) is 0 Å². The molecule has 0 heterocycles. The summed E-state index contributed by atoms with van der Waals surface area (Å²) >= 11 is 0. The van der Waals surface area contributed by atoms with E-state index in [4.69, 9.17) is 4.74 Å². The van der Waals surface area contributed by atoms with Crippen LogP contribution in [-0.2, 0) is 6.61 Å². The zero-order valence-electron chi connectivity index (χ0n) is 13.0. The normalized spacial score (nSPS) is 15.5. The van der Waals surface area contributed by atoms with Gasteiger partial charge in [-0.05, 0) is 17.2 Å². The average molecular weight is 316 g/mol. The van der Waals surface area contributed by atoms with E-state index < -0.39 is 6.10 Å². The minimum Gasteiger partial charge on any atom is -0.488 e. The van der Waals surface area contributed by atoms with Crippen molar-refractivity contribution in [3.63, 3.8) is 0 Å². The van der Waals surface area contributed by atoms with E-state index in [0.29, 0.717) is 34.6 Å². The number of fused-ring (bicyclic) bond motifs is 2. The lowest BCUT2D eigenvalue weighted by Gasteiger charge is -2.25. The van der Waals surface area contributed by atoms with Crippen molar-refractivity contribution >= 4 is 5.78 Å². The molecule has 3 aromatic carbocycles. The van der Waals surface area contributed by atoms with Gasteiger partial charge in [-0.2, -0.15) is 0 Å². The summed E-state index contributed by atoms with van der Waals surface area (Å²) in [5.41, 5.74) is 3.28. The third kappa shape index (κ3) is 2.39. The summed E-state index contributed by atoms with van der Waals surface area (Å²) in [5, 5.41) is 10.8. The van der Waals surface area contributed by atoms with Crippen molar-refractivity contribution in [1.29, 1.82) is 0 Å². The molecule has 0 aliphatic heterocycles. The van der Waals surface area contributed by atoms with E-state index in [1.807, 2.05) is 42.5 Å². The number of benzene rings is 3. The number of ketones is 1. The molecular formula is C21H16O3. The molecule has 0 saturated heterocycles. The van der Waals surface area contributed by atoms with Gasteiger partial charge in [0.05, 0.1) is 0 Å². The lowest BCUT2D eigenvalue weighted by molar-refractivity contribution is 0.101. The second-order valence-electron chi connectivity index (χ2n) is 5.81. The monoisotopic (exact) mass is 316 g/mol. The van der Waals surface area contributed by atoms with E-state index in [1.54, 1.807) is 30.3 Å². The Morgan fingerprint density at radius 2 is 1.54 bits per heavy atom.